The van der Waals surface area contributed by atoms with Gasteiger partial charge in [-0.3, -0.25) is 15.0 Å². The number of halogens is 2. The molecule has 9 nitrogen and oxygen atoms in total. The van der Waals surface area contributed by atoms with E-state index >= 15 is 0 Å². The highest BCUT2D eigenvalue weighted by Crippen LogP contribution is 2.39. The molecule has 0 bridgehead atoms. The van der Waals surface area contributed by atoms with Gasteiger partial charge in [0.1, 0.15) is 0 Å². The maximum absolute atomic E-state index is 11.5. The highest BCUT2D eigenvalue weighted by Gasteiger charge is 2.29. The number of rotatable bonds is 8. The van der Waals surface area contributed by atoms with Crippen molar-refractivity contribution in [2.24, 2.45) is 5.92 Å². The Labute approximate surface area is 240 Å². The standard InChI is InChI=1S/C29H25Cl2N7O2/c1-40-29(39)34-23-8-4-19(5-9-23)21-15-33-37(16-21)27(12-18-2-3-18)25-10-6-20(14-32-25)24-13-22(30)7-11-26(24)38-17-28(31)35-36-38/h4-11,13-18,27H,2-3,12H2,1H3,(H,34,39)/p+1. The molecular weight excluding hydrogens is 549 g/mol. The van der Waals surface area contributed by atoms with Crippen molar-refractivity contribution in [3.63, 3.8) is 0 Å². The van der Waals surface area contributed by atoms with Gasteiger partial charge in [0.2, 0.25) is 0 Å². The number of H-pyrrole nitrogens is 1. The topological polar surface area (TPSA) is 102 Å². The number of methoxy groups -OCH3 is 1. The lowest BCUT2D eigenvalue weighted by Gasteiger charge is -2.17. The molecule has 11 heteroatoms. The van der Waals surface area contributed by atoms with Crippen LogP contribution in [0.5, 0.6) is 0 Å². The molecule has 1 saturated carbocycles. The first-order chi connectivity index (χ1) is 19.5. The van der Waals surface area contributed by atoms with Crippen LogP contribution < -0.4 is 10.00 Å². The molecule has 0 aliphatic heterocycles. The van der Waals surface area contributed by atoms with E-state index in [1.807, 2.05) is 59.5 Å². The molecule has 1 amide bonds. The third kappa shape index (κ3) is 5.71. The number of anilines is 1. The zero-order valence-corrected chi connectivity index (χ0v) is 23.1. The average Bonchev–Trinajstić information content (AvgIpc) is 3.48. The minimum atomic E-state index is -0.502. The van der Waals surface area contributed by atoms with E-state index in [-0.39, 0.29) is 6.04 Å². The Bertz CT molecular complexity index is 1640. The number of ether oxygens (including phenoxy) is 1. The number of amides is 1. The third-order valence-electron chi connectivity index (χ3n) is 6.98. The molecule has 3 aromatic heterocycles. The molecule has 2 N–H and O–H groups in total. The van der Waals surface area contributed by atoms with Crippen molar-refractivity contribution in [3.05, 3.63) is 95.3 Å². The van der Waals surface area contributed by atoms with E-state index in [2.05, 4.69) is 38.7 Å². The molecule has 0 spiro atoms. The van der Waals surface area contributed by atoms with Crippen LogP contribution >= 0.6 is 23.2 Å². The Morgan fingerprint density at radius 1 is 1.10 bits per heavy atom. The second-order valence-electron chi connectivity index (χ2n) is 9.76. The van der Waals surface area contributed by atoms with E-state index in [4.69, 9.17) is 33.3 Å². The maximum atomic E-state index is 11.5. The van der Waals surface area contributed by atoms with Crippen LogP contribution in [0, 0.1) is 5.92 Å². The Balaban J connectivity index is 1.27. The molecule has 5 aromatic rings. The van der Waals surface area contributed by atoms with Crippen molar-refractivity contribution in [1.82, 2.24) is 25.1 Å². The van der Waals surface area contributed by atoms with E-state index in [0.717, 1.165) is 40.1 Å². The van der Waals surface area contributed by atoms with Gasteiger partial charge in [0.15, 0.2) is 11.9 Å². The fraction of sp³-hybridized carbons (Fsp3) is 0.207. The van der Waals surface area contributed by atoms with Gasteiger partial charge >= 0.3 is 11.2 Å². The lowest BCUT2D eigenvalue weighted by atomic mass is 10.0. The SMILES string of the molecule is COC(=O)Nc1ccc(-c2cnn(C(CC3CC3)c3ccc(-c4cc(Cl)ccc4-[n+]4cc(Cl)n[nH]4)cn3)c2)cc1. The van der Waals surface area contributed by atoms with E-state index in [0.29, 0.717) is 21.8 Å². The van der Waals surface area contributed by atoms with Gasteiger partial charge in [-0.15, -0.1) is 4.68 Å². The first kappa shape index (κ1) is 26.0. The largest absolute Gasteiger partial charge is 0.453 e. The van der Waals surface area contributed by atoms with Crippen molar-refractivity contribution in [2.75, 3.05) is 12.4 Å². The highest BCUT2D eigenvalue weighted by molar-refractivity contribution is 6.31. The number of hydrogen-bond donors (Lipinski definition) is 2. The molecule has 2 aromatic carbocycles. The predicted octanol–water partition coefficient (Wildman–Crippen LogP) is 6.49. The number of pyridine rings is 1. The van der Waals surface area contributed by atoms with Crippen LogP contribution in [0.2, 0.25) is 10.2 Å². The van der Waals surface area contributed by atoms with E-state index in [1.54, 1.807) is 10.9 Å². The second kappa shape index (κ2) is 11.1. The number of nitrogens with one attached hydrogen (secondary N) is 2. The summed E-state index contributed by atoms with van der Waals surface area (Å²) in [5.41, 5.74) is 6.28. The van der Waals surface area contributed by atoms with Gasteiger partial charge in [-0.25, -0.2) is 4.79 Å². The molecule has 0 saturated heterocycles. The minimum absolute atomic E-state index is 0.00943. The van der Waals surface area contributed by atoms with E-state index in [9.17, 15) is 4.79 Å². The van der Waals surface area contributed by atoms with Gasteiger partial charge in [0, 0.05) is 39.8 Å². The van der Waals surface area contributed by atoms with Crippen molar-refractivity contribution in [2.45, 2.75) is 25.3 Å². The number of benzene rings is 2. The normalized spacial score (nSPS) is 13.7. The van der Waals surface area contributed by atoms with Crippen LogP contribution in [0.1, 0.15) is 31.0 Å². The van der Waals surface area contributed by atoms with Crippen LogP contribution in [0.15, 0.2) is 79.4 Å². The second-order valence-corrected chi connectivity index (χ2v) is 10.6. The number of carbonyl (C=O) groups excluding carboxylic acids is 1. The fourth-order valence-electron chi connectivity index (χ4n) is 4.71. The molecule has 1 unspecified atom stereocenters. The fourth-order valence-corrected chi connectivity index (χ4v) is 5.01. The lowest BCUT2D eigenvalue weighted by molar-refractivity contribution is -0.658. The van der Waals surface area contributed by atoms with Crippen LogP contribution in [-0.4, -0.2) is 38.3 Å². The van der Waals surface area contributed by atoms with Crippen LogP contribution in [0.25, 0.3) is 27.9 Å². The minimum Gasteiger partial charge on any atom is -0.453 e. The number of nitrogens with zero attached hydrogens (tertiary/aromatic N) is 5. The van der Waals surface area contributed by atoms with Crippen molar-refractivity contribution >= 4 is 35.0 Å². The predicted molar refractivity (Wildman–Crippen MR) is 153 cm³/mol. The van der Waals surface area contributed by atoms with Crippen LogP contribution in [-0.2, 0) is 4.74 Å². The van der Waals surface area contributed by atoms with Crippen molar-refractivity contribution in [3.8, 4) is 27.9 Å². The summed E-state index contributed by atoms with van der Waals surface area (Å²) in [6, 6.07) is 17.4. The summed E-state index contributed by atoms with van der Waals surface area (Å²) >= 11 is 12.4. The molecule has 3 heterocycles. The number of aromatic amines is 1. The summed E-state index contributed by atoms with van der Waals surface area (Å²) in [5, 5.41) is 15.3. The first-order valence-electron chi connectivity index (χ1n) is 12.8. The molecule has 1 fully saturated rings. The first-order valence-corrected chi connectivity index (χ1v) is 13.6. The van der Waals surface area contributed by atoms with Crippen LogP contribution in [0.3, 0.4) is 0 Å². The quantitative estimate of drug-likeness (QED) is 0.206. The summed E-state index contributed by atoms with van der Waals surface area (Å²) in [6.45, 7) is 0. The Morgan fingerprint density at radius 2 is 1.90 bits per heavy atom. The lowest BCUT2D eigenvalue weighted by Crippen LogP contribution is -2.32. The van der Waals surface area contributed by atoms with Gasteiger partial charge in [-0.05, 0) is 65.9 Å². The summed E-state index contributed by atoms with van der Waals surface area (Å²) in [6.07, 6.45) is 10.4. The third-order valence-corrected chi connectivity index (χ3v) is 7.40. The molecule has 6 rings (SSSR count). The van der Waals surface area contributed by atoms with E-state index < -0.39 is 6.09 Å². The zero-order valence-electron chi connectivity index (χ0n) is 21.6. The van der Waals surface area contributed by atoms with Gasteiger partial charge in [-0.1, -0.05) is 47.9 Å². The van der Waals surface area contributed by atoms with Gasteiger partial charge < -0.3 is 4.74 Å². The molecule has 1 aliphatic carbocycles. The van der Waals surface area contributed by atoms with Gasteiger partial charge in [0.05, 0.1) is 30.1 Å². The van der Waals surface area contributed by atoms with Crippen LogP contribution in [0.4, 0.5) is 10.5 Å². The summed E-state index contributed by atoms with van der Waals surface area (Å²) in [7, 11) is 1.34. The average molecular weight is 575 g/mol. The molecular formula is C29H26Cl2N7O2+. The van der Waals surface area contributed by atoms with Gasteiger partial charge in [0.25, 0.3) is 0 Å². The Morgan fingerprint density at radius 3 is 2.58 bits per heavy atom. The summed E-state index contributed by atoms with van der Waals surface area (Å²) in [4.78, 5) is 16.4. The Kier molecular flexibility index (Phi) is 7.23. The van der Waals surface area contributed by atoms with E-state index in [1.165, 1.54) is 20.0 Å². The zero-order chi connectivity index (χ0) is 27.6. The van der Waals surface area contributed by atoms with Crippen molar-refractivity contribution < 1.29 is 14.2 Å². The smallest absolute Gasteiger partial charge is 0.411 e. The molecule has 40 heavy (non-hydrogen) atoms. The Hall–Kier alpha value is -4.21. The maximum Gasteiger partial charge on any atom is 0.411 e. The number of carbonyl (C=O) groups is 1. The summed E-state index contributed by atoms with van der Waals surface area (Å²) < 4.78 is 8.41. The molecule has 1 atom stereocenters. The number of aromatic nitrogens is 6. The summed E-state index contributed by atoms with van der Waals surface area (Å²) in [5.74, 6) is 0.670. The van der Waals surface area contributed by atoms with Crippen molar-refractivity contribution in [1.29, 1.82) is 0 Å². The molecule has 202 valence electrons. The molecule has 1 aliphatic rings. The molecule has 0 radical (unpaired) electrons. The van der Waals surface area contributed by atoms with Gasteiger partial charge in [-0.2, -0.15) is 5.10 Å². The number of hydrogen-bond acceptors (Lipinski definition) is 5. The monoisotopic (exact) mass is 574 g/mol. The highest BCUT2D eigenvalue weighted by atomic mass is 35.5.